The van der Waals surface area contributed by atoms with Crippen LogP contribution in [-0.2, 0) is 0 Å². The highest BCUT2D eigenvalue weighted by Gasteiger charge is 2.27. The molecule has 2 aliphatic rings. The van der Waals surface area contributed by atoms with Crippen molar-refractivity contribution in [2.24, 2.45) is 0 Å². The van der Waals surface area contributed by atoms with Gasteiger partial charge in [0.2, 0.25) is 0 Å². The molecule has 0 spiro atoms. The van der Waals surface area contributed by atoms with E-state index in [1.165, 1.54) is 83.5 Å². The second kappa shape index (κ2) is 17.0. The summed E-state index contributed by atoms with van der Waals surface area (Å²) < 4.78 is 5.70. The molecule has 8 bridgehead atoms. The molecule has 2 aliphatic heterocycles. The van der Waals surface area contributed by atoms with Crippen LogP contribution in [0, 0.1) is 83.1 Å². The predicted octanol–water partition coefficient (Wildman–Crippen LogP) is 16.5. The van der Waals surface area contributed by atoms with E-state index < -0.39 is 0 Å². The quantitative estimate of drug-likeness (QED) is 0.175. The fourth-order valence-electron chi connectivity index (χ4n) is 11.6. The number of fused-ring (bicyclic) bond motifs is 8. The van der Waals surface area contributed by atoms with E-state index in [0.29, 0.717) is 0 Å². The van der Waals surface area contributed by atoms with Crippen molar-refractivity contribution >= 4 is 45.9 Å². The van der Waals surface area contributed by atoms with E-state index in [2.05, 4.69) is 196 Å². The van der Waals surface area contributed by atoms with E-state index in [1.807, 2.05) is 12.1 Å². The molecule has 5 heterocycles. The maximum absolute atomic E-state index is 5.92. The zero-order valence-electron chi connectivity index (χ0n) is 41.8. The van der Waals surface area contributed by atoms with Crippen molar-refractivity contribution in [3.8, 4) is 50.3 Å². The molecule has 0 aliphatic carbocycles. The second-order valence-corrected chi connectivity index (χ2v) is 19.5. The van der Waals surface area contributed by atoms with Gasteiger partial charge in [0.25, 0.3) is 0 Å². The van der Waals surface area contributed by atoms with Crippen molar-refractivity contribution in [2.45, 2.75) is 83.1 Å². The largest absolute Gasteiger partial charge is 0.497 e. The van der Waals surface area contributed by atoms with Gasteiger partial charge in [-0.1, -0.05) is 82.9 Å². The fraction of sp³-hybridized carbons (Fsp3) is 0.206. The molecular formula is C63H60N4O. The smallest absolute Gasteiger partial charge is 0.118 e. The number of ether oxygens (including phenoxy) is 1. The molecule has 5 aromatic carbocycles. The van der Waals surface area contributed by atoms with Crippen LogP contribution in [0.25, 0.3) is 90.4 Å². The first-order chi connectivity index (χ1) is 32.6. The zero-order chi connectivity index (χ0) is 47.9. The van der Waals surface area contributed by atoms with Gasteiger partial charge in [0.15, 0.2) is 0 Å². The van der Waals surface area contributed by atoms with Gasteiger partial charge in [0, 0.05) is 49.9 Å². The average Bonchev–Trinajstić information content (AvgIpc) is 4.11. The number of nitrogens with one attached hydrogen (secondary N) is 2. The number of H-pyrrole nitrogens is 2. The van der Waals surface area contributed by atoms with Gasteiger partial charge in [-0.3, -0.25) is 0 Å². The minimum absolute atomic E-state index is 0.807. The third-order valence-electron chi connectivity index (χ3n) is 14.0. The second-order valence-electron chi connectivity index (χ2n) is 19.5. The van der Waals surface area contributed by atoms with Crippen LogP contribution in [-0.4, -0.2) is 27.0 Å². The maximum Gasteiger partial charge on any atom is 0.118 e. The monoisotopic (exact) mass is 888 g/mol. The maximum atomic E-state index is 5.92. The first kappa shape index (κ1) is 44.3. The molecule has 0 atom stereocenters. The van der Waals surface area contributed by atoms with Crippen LogP contribution < -0.4 is 4.74 Å². The SMILES string of the molecule is COc1ccc(C2=Cc3nc2c(-c2c(C)cc(C)cc2C)c2ccc([nH]2)c(-c2c(C)cc(C)cc2C)c2nc(c(-c4c(C)cc(C)cc4C)c4ccc([nH]4)c3-c3c(C)cc(C)cc3C)C=C2)cc1. The van der Waals surface area contributed by atoms with Crippen molar-refractivity contribution in [1.82, 2.24) is 19.9 Å². The molecular weight excluding hydrogens is 829 g/mol. The lowest BCUT2D eigenvalue weighted by Crippen LogP contribution is -1.97. The Hall–Kier alpha value is -7.50. The van der Waals surface area contributed by atoms with E-state index in [0.717, 1.165) is 89.5 Å². The van der Waals surface area contributed by atoms with Gasteiger partial charge < -0.3 is 14.7 Å². The molecule has 8 aromatic rings. The Morgan fingerprint density at radius 1 is 0.353 bits per heavy atom. The van der Waals surface area contributed by atoms with E-state index in [9.17, 15) is 0 Å². The molecule has 3 aromatic heterocycles. The molecule has 0 saturated carbocycles. The van der Waals surface area contributed by atoms with Crippen molar-refractivity contribution in [3.05, 3.63) is 192 Å². The summed E-state index contributed by atoms with van der Waals surface area (Å²) in [5.74, 6) is 0.807. The van der Waals surface area contributed by atoms with Gasteiger partial charge in [-0.05, 0) is 210 Å². The number of hydrogen-bond acceptors (Lipinski definition) is 3. The molecule has 0 unspecified atom stereocenters. The number of hydrogen-bond donors (Lipinski definition) is 2. The summed E-state index contributed by atoms with van der Waals surface area (Å²) in [7, 11) is 1.72. The summed E-state index contributed by atoms with van der Waals surface area (Å²) in [5, 5.41) is 0. The number of aromatic amines is 2. The van der Waals surface area contributed by atoms with Crippen LogP contribution in [0.1, 0.15) is 95.1 Å². The molecule has 5 heteroatoms. The van der Waals surface area contributed by atoms with Crippen LogP contribution in [0.3, 0.4) is 0 Å². The lowest BCUT2D eigenvalue weighted by atomic mass is 9.89. The lowest BCUT2D eigenvalue weighted by molar-refractivity contribution is 0.415. The van der Waals surface area contributed by atoms with Crippen LogP contribution in [0.2, 0.25) is 0 Å². The number of methoxy groups -OCH3 is 1. The first-order valence-corrected chi connectivity index (χ1v) is 23.8. The highest BCUT2D eigenvalue weighted by molar-refractivity contribution is 6.06. The Morgan fingerprint density at radius 2 is 0.676 bits per heavy atom. The average molecular weight is 889 g/mol. The summed E-state index contributed by atoms with van der Waals surface area (Å²) in [4.78, 5) is 19.7. The van der Waals surface area contributed by atoms with Gasteiger partial charge in [-0.15, -0.1) is 0 Å². The van der Waals surface area contributed by atoms with Gasteiger partial charge in [0.1, 0.15) is 5.75 Å². The Morgan fingerprint density at radius 3 is 1.03 bits per heavy atom. The molecule has 0 fully saturated rings. The van der Waals surface area contributed by atoms with Crippen LogP contribution in [0.5, 0.6) is 5.75 Å². The van der Waals surface area contributed by atoms with Crippen molar-refractivity contribution < 1.29 is 4.74 Å². The molecule has 0 amide bonds. The highest BCUT2D eigenvalue weighted by atomic mass is 16.5. The minimum Gasteiger partial charge on any atom is -0.497 e. The topological polar surface area (TPSA) is 66.6 Å². The number of aromatic nitrogens is 4. The first-order valence-electron chi connectivity index (χ1n) is 23.8. The molecule has 338 valence electrons. The summed E-state index contributed by atoms with van der Waals surface area (Å²) in [6, 6.07) is 35.7. The summed E-state index contributed by atoms with van der Waals surface area (Å²) >= 11 is 0. The van der Waals surface area contributed by atoms with E-state index in [-0.39, 0.29) is 0 Å². The minimum atomic E-state index is 0.807. The zero-order valence-corrected chi connectivity index (χ0v) is 41.8. The van der Waals surface area contributed by atoms with Gasteiger partial charge in [-0.25, -0.2) is 9.97 Å². The van der Waals surface area contributed by atoms with Crippen molar-refractivity contribution in [1.29, 1.82) is 0 Å². The fourth-order valence-corrected chi connectivity index (χ4v) is 11.6. The van der Waals surface area contributed by atoms with E-state index >= 15 is 0 Å². The number of benzene rings is 5. The summed E-state index contributed by atoms with van der Waals surface area (Å²) in [6.45, 7) is 26.5. The molecule has 68 heavy (non-hydrogen) atoms. The molecule has 10 rings (SSSR count). The molecule has 0 radical (unpaired) electrons. The molecule has 2 N–H and O–H groups in total. The standard InChI is InChI=1S/C63H60N4O/c1-33-24-37(5)55(38(6)25-33)59-48-18-19-49(64-48)60(56-39(7)26-34(2)27-40(56)8)51-22-23-53(66-51)62(58-43(11)30-36(4)31-44(58)12)63-47(45-14-16-46(68-13)17-15-45)32-54(67-63)61(52-21-20-50(59)65-52)57-41(9)28-35(3)29-42(57)10/h14-32,65-66H,1-13H3. The van der Waals surface area contributed by atoms with E-state index in [1.54, 1.807) is 7.11 Å². The van der Waals surface area contributed by atoms with Crippen molar-refractivity contribution in [3.63, 3.8) is 0 Å². The van der Waals surface area contributed by atoms with E-state index in [4.69, 9.17) is 14.7 Å². The van der Waals surface area contributed by atoms with Crippen LogP contribution in [0.4, 0.5) is 0 Å². The Kier molecular flexibility index (Phi) is 11.1. The predicted molar refractivity (Wildman–Crippen MR) is 288 cm³/mol. The Bertz CT molecular complexity index is 3570. The molecule has 5 nitrogen and oxygen atoms in total. The Labute approximate surface area is 401 Å². The van der Waals surface area contributed by atoms with Gasteiger partial charge in [-0.2, -0.15) is 0 Å². The number of aryl methyl sites for hydroxylation is 12. The third kappa shape index (κ3) is 7.60. The third-order valence-corrected chi connectivity index (χ3v) is 14.0. The number of nitrogens with zero attached hydrogens (tertiary/aromatic N) is 2. The highest BCUT2D eigenvalue weighted by Crippen LogP contribution is 2.46. The summed E-state index contributed by atoms with van der Waals surface area (Å²) in [5.41, 5.74) is 33.2. The van der Waals surface area contributed by atoms with Crippen molar-refractivity contribution in [2.75, 3.05) is 7.11 Å². The number of rotatable bonds is 6. The normalized spacial score (nSPS) is 12.2. The Balaban J connectivity index is 1.49. The summed E-state index contributed by atoms with van der Waals surface area (Å²) in [6.07, 6.45) is 6.74. The lowest BCUT2D eigenvalue weighted by Gasteiger charge is -2.16. The van der Waals surface area contributed by atoms with Gasteiger partial charge >= 0.3 is 0 Å². The molecule has 0 saturated heterocycles. The van der Waals surface area contributed by atoms with Crippen LogP contribution in [0.15, 0.2) is 97.1 Å². The van der Waals surface area contributed by atoms with Crippen LogP contribution >= 0.6 is 0 Å². The van der Waals surface area contributed by atoms with Gasteiger partial charge in [0.05, 0.1) is 29.9 Å².